The van der Waals surface area contributed by atoms with Crippen LogP contribution in [-0.2, 0) is 0 Å². The summed E-state index contributed by atoms with van der Waals surface area (Å²) in [4.78, 5) is 0. The van der Waals surface area contributed by atoms with E-state index < -0.39 is 0 Å². The van der Waals surface area contributed by atoms with E-state index in [0.29, 0.717) is 0 Å². The second-order valence-corrected chi connectivity index (χ2v) is 11.9. The monoisotopic (exact) mass is 666 g/mol. The van der Waals surface area contributed by atoms with Crippen molar-refractivity contribution in [2.24, 2.45) is 0 Å². The van der Waals surface area contributed by atoms with Crippen molar-refractivity contribution in [2.75, 3.05) is 0 Å². The van der Waals surface area contributed by atoms with Gasteiger partial charge in [0, 0.05) is 8.95 Å². The normalized spacial score (nSPS) is 11.9. The lowest BCUT2D eigenvalue weighted by Gasteiger charge is -2.11. The van der Waals surface area contributed by atoms with Gasteiger partial charge >= 0.3 is 0 Å². The molecule has 0 aliphatic rings. The zero-order valence-electron chi connectivity index (χ0n) is 22.9. The first-order valence-electron chi connectivity index (χ1n) is 13.9. The minimum absolute atomic E-state index is 1.08. The molecule has 202 valence electrons. The zero-order chi connectivity index (χ0) is 28.7. The van der Waals surface area contributed by atoms with Gasteiger partial charge in [-0.3, -0.25) is 0 Å². The Morgan fingerprint density at radius 2 is 0.643 bits per heavy atom. The summed E-state index contributed by atoms with van der Waals surface area (Å²) in [6.07, 6.45) is 4.53. The first kappa shape index (κ1) is 27.9. The molecular formula is C40H28Br2. The predicted octanol–water partition coefficient (Wildman–Crippen LogP) is 12.1. The fourth-order valence-electron chi connectivity index (χ4n) is 5.04. The lowest BCUT2D eigenvalue weighted by Crippen LogP contribution is -1.89. The molecule has 0 spiro atoms. The number of rotatable bonds is 7. The first-order chi connectivity index (χ1) is 20.6. The molecule has 42 heavy (non-hydrogen) atoms. The van der Waals surface area contributed by atoms with Crippen LogP contribution in [0.1, 0.15) is 33.4 Å². The third kappa shape index (κ3) is 6.79. The highest BCUT2D eigenvalue weighted by Crippen LogP contribution is 2.30. The van der Waals surface area contributed by atoms with Crippen molar-refractivity contribution in [1.82, 2.24) is 0 Å². The molecule has 0 aliphatic carbocycles. The van der Waals surface area contributed by atoms with Crippen LogP contribution < -0.4 is 0 Å². The summed E-state index contributed by atoms with van der Waals surface area (Å²) in [5.74, 6) is 0. The van der Waals surface area contributed by atoms with Crippen LogP contribution in [0.3, 0.4) is 0 Å². The maximum atomic E-state index is 3.56. The molecule has 2 heteroatoms. The van der Waals surface area contributed by atoms with E-state index in [1.807, 2.05) is 0 Å². The lowest BCUT2D eigenvalue weighted by atomic mass is 9.94. The van der Waals surface area contributed by atoms with E-state index in [4.69, 9.17) is 0 Å². The Bertz CT molecular complexity index is 1670. The second kappa shape index (κ2) is 13.2. The maximum absolute atomic E-state index is 3.56. The molecule has 0 heterocycles. The van der Waals surface area contributed by atoms with Crippen LogP contribution in [0.4, 0.5) is 0 Å². The van der Waals surface area contributed by atoms with E-state index in [0.717, 1.165) is 8.95 Å². The predicted molar refractivity (Wildman–Crippen MR) is 187 cm³/mol. The standard InChI is InChI=1S/C40H28Br2/c41-37-23-19-35(20-24-37)39(33-7-3-1-4-8-33)27-29-11-15-31(16-12-29)32-17-13-30(14-18-32)28-40(34-9-5-2-6-10-34)36-21-25-38(42)26-22-36/h1-28H. The van der Waals surface area contributed by atoms with Gasteiger partial charge in [-0.05, 0) is 92.1 Å². The number of hydrogen-bond acceptors (Lipinski definition) is 0. The minimum Gasteiger partial charge on any atom is -0.0622 e. The van der Waals surface area contributed by atoms with Crippen molar-refractivity contribution in [2.45, 2.75) is 0 Å². The third-order valence-corrected chi connectivity index (χ3v) is 8.31. The smallest absolute Gasteiger partial charge is 0.0175 e. The van der Waals surface area contributed by atoms with Gasteiger partial charge in [0.15, 0.2) is 0 Å². The Kier molecular flexibility index (Phi) is 8.75. The van der Waals surface area contributed by atoms with Crippen molar-refractivity contribution in [1.29, 1.82) is 0 Å². The first-order valence-corrected chi connectivity index (χ1v) is 15.5. The topological polar surface area (TPSA) is 0 Å². The molecule has 0 saturated carbocycles. The molecule has 0 aliphatic heterocycles. The van der Waals surface area contributed by atoms with Crippen molar-refractivity contribution in [3.05, 3.63) is 200 Å². The molecule has 0 fully saturated rings. The molecule has 0 nitrogen and oxygen atoms in total. The molecule has 0 atom stereocenters. The molecule has 0 radical (unpaired) electrons. The quantitative estimate of drug-likeness (QED) is 0.149. The molecule has 6 aromatic rings. The molecule has 0 aromatic heterocycles. The zero-order valence-corrected chi connectivity index (χ0v) is 26.1. The molecule has 0 unspecified atom stereocenters. The molecular weight excluding hydrogens is 640 g/mol. The largest absolute Gasteiger partial charge is 0.0622 e. The summed E-state index contributed by atoms with van der Waals surface area (Å²) in [5.41, 5.74) is 11.9. The van der Waals surface area contributed by atoms with Crippen LogP contribution in [-0.4, -0.2) is 0 Å². The number of halogens is 2. The Labute approximate surface area is 265 Å². The highest BCUT2D eigenvalue weighted by molar-refractivity contribution is 9.10. The van der Waals surface area contributed by atoms with Gasteiger partial charge in [-0.15, -0.1) is 0 Å². The van der Waals surface area contributed by atoms with Crippen LogP contribution in [0, 0.1) is 0 Å². The van der Waals surface area contributed by atoms with E-state index in [2.05, 4.69) is 202 Å². The van der Waals surface area contributed by atoms with E-state index in [1.165, 1.54) is 55.7 Å². The van der Waals surface area contributed by atoms with Gasteiger partial charge in [-0.1, -0.05) is 165 Å². The highest BCUT2D eigenvalue weighted by Gasteiger charge is 2.08. The minimum atomic E-state index is 1.08. The van der Waals surface area contributed by atoms with Crippen molar-refractivity contribution >= 4 is 55.2 Å². The molecule has 6 rings (SSSR count). The van der Waals surface area contributed by atoms with Gasteiger partial charge in [0.2, 0.25) is 0 Å². The van der Waals surface area contributed by atoms with Gasteiger partial charge in [-0.2, -0.15) is 0 Å². The van der Waals surface area contributed by atoms with Crippen LogP contribution in [0.2, 0.25) is 0 Å². The Morgan fingerprint density at radius 1 is 0.333 bits per heavy atom. The van der Waals surface area contributed by atoms with Crippen LogP contribution in [0.25, 0.3) is 34.4 Å². The Balaban J connectivity index is 1.28. The van der Waals surface area contributed by atoms with E-state index in [9.17, 15) is 0 Å². The summed E-state index contributed by atoms with van der Waals surface area (Å²) in [6, 6.07) is 55.8. The van der Waals surface area contributed by atoms with E-state index in [-0.39, 0.29) is 0 Å². The maximum Gasteiger partial charge on any atom is 0.0175 e. The van der Waals surface area contributed by atoms with E-state index >= 15 is 0 Å². The van der Waals surface area contributed by atoms with Gasteiger partial charge in [0.25, 0.3) is 0 Å². The highest BCUT2D eigenvalue weighted by atomic mass is 79.9. The summed E-state index contributed by atoms with van der Waals surface area (Å²) in [7, 11) is 0. The van der Waals surface area contributed by atoms with Gasteiger partial charge in [-0.25, -0.2) is 0 Å². The fourth-order valence-corrected chi connectivity index (χ4v) is 5.57. The SMILES string of the molecule is Brc1ccc(C(=Cc2ccc(-c3ccc(C=C(c4ccccc4)c4ccc(Br)cc4)cc3)cc2)c2ccccc2)cc1. The van der Waals surface area contributed by atoms with Crippen LogP contribution in [0.5, 0.6) is 0 Å². The molecule has 0 bridgehead atoms. The van der Waals surface area contributed by atoms with Gasteiger partial charge < -0.3 is 0 Å². The Morgan fingerprint density at radius 3 is 0.976 bits per heavy atom. The molecule has 0 N–H and O–H groups in total. The average Bonchev–Trinajstić information content (AvgIpc) is 3.05. The molecule has 0 amide bonds. The fraction of sp³-hybridized carbons (Fsp3) is 0. The summed E-state index contributed by atoms with van der Waals surface area (Å²) in [5, 5.41) is 0. The van der Waals surface area contributed by atoms with Crippen molar-refractivity contribution in [3.63, 3.8) is 0 Å². The lowest BCUT2D eigenvalue weighted by molar-refractivity contribution is 1.53. The van der Waals surface area contributed by atoms with E-state index in [1.54, 1.807) is 0 Å². The van der Waals surface area contributed by atoms with Crippen LogP contribution in [0.15, 0.2) is 167 Å². The van der Waals surface area contributed by atoms with Crippen molar-refractivity contribution < 1.29 is 0 Å². The molecule has 0 saturated heterocycles. The number of benzene rings is 6. The average molecular weight is 668 g/mol. The van der Waals surface area contributed by atoms with Crippen LogP contribution >= 0.6 is 31.9 Å². The molecule has 6 aromatic carbocycles. The van der Waals surface area contributed by atoms with Gasteiger partial charge in [0.05, 0.1) is 0 Å². The number of hydrogen-bond donors (Lipinski definition) is 0. The summed E-state index contributed by atoms with van der Waals surface area (Å²) < 4.78 is 2.16. The summed E-state index contributed by atoms with van der Waals surface area (Å²) in [6.45, 7) is 0. The van der Waals surface area contributed by atoms with Gasteiger partial charge in [0.1, 0.15) is 0 Å². The van der Waals surface area contributed by atoms with Crippen molar-refractivity contribution in [3.8, 4) is 11.1 Å². The third-order valence-electron chi connectivity index (χ3n) is 7.26. The second-order valence-electron chi connectivity index (χ2n) is 10.1. The summed E-state index contributed by atoms with van der Waals surface area (Å²) >= 11 is 7.13. The Hall–Kier alpha value is -4.24.